The van der Waals surface area contributed by atoms with Crippen LogP contribution in [0.2, 0.25) is 0 Å². The Hall–Kier alpha value is -0.910. The maximum Gasteiger partial charge on any atom is 0.404 e. The highest BCUT2D eigenvalue weighted by Crippen LogP contribution is 2.57. The van der Waals surface area contributed by atoms with Crippen molar-refractivity contribution in [2.45, 2.75) is 50.4 Å². The van der Waals surface area contributed by atoms with E-state index in [0.717, 1.165) is 12.8 Å². The summed E-state index contributed by atoms with van der Waals surface area (Å²) in [6.07, 6.45) is 2.71. The fraction of sp³-hybridized carbons (Fsp3) is 0.917. The number of ether oxygens (including phenoxy) is 1. The molecule has 6 heteroatoms. The molecule has 4 fully saturated rings. The van der Waals surface area contributed by atoms with E-state index in [-0.39, 0.29) is 17.9 Å². The highest BCUT2D eigenvalue weighted by atomic mass is 19.3. The van der Waals surface area contributed by atoms with E-state index in [0.29, 0.717) is 25.2 Å². The average Bonchev–Trinajstić information content (AvgIpc) is 2.20. The molecule has 1 unspecified atom stereocenters. The Balaban J connectivity index is 1.77. The Labute approximate surface area is 104 Å². The van der Waals surface area contributed by atoms with Crippen molar-refractivity contribution in [1.29, 1.82) is 0 Å². The van der Waals surface area contributed by atoms with Gasteiger partial charge in [-0.25, -0.2) is 4.79 Å². The first kappa shape index (κ1) is 12.1. The molecule has 0 aromatic carbocycles. The molecule has 4 bridgehead atoms. The zero-order valence-corrected chi connectivity index (χ0v) is 9.94. The van der Waals surface area contributed by atoms with Crippen molar-refractivity contribution in [3.63, 3.8) is 0 Å². The molecule has 0 spiro atoms. The number of nitrogens with one attached hydrogen (secondary N) is 1. The van der Waals surface area contributed by atoms with Gasteiger partial charge >= 0.3 is 12.7 Å². The Morgan fingerprint density at radius 1 is 1.28 bits per heavy atom. The molecule has 4 aliphatic carbocycles. The summed E-state index contributed by atoms with van der Waals surface area (Å²) in [6, 6.07) is -0.0755. The van der Waals surface area contributed by atoms with E-state index in [9.17, 15) is 13.6 Å². The third kappa shape index (κ3) is 1.96. The Morgan fingerprint density at radius 3 is 2.39 bits per heavy atom. The fourth-order valence-electron chi connectivity index (χ4n) is 4.66. The molecule has 0 aromatic heterocycles. The minimum atomic E-state index is -2.73. The number of rotatable bonds is 3. The van der Waals surface area contributed by atoms with Gasteiger partial charge in [-0.3, -0.25) is 0 Å². The van der Waals surface area contributed by atoms with Crippen molar-refractivity contribution >= 4 is 6.09 Å². The van der Waals surface area contributed by atoms with Crippen LogP contribution in [0.5, 0.6) is 0 Å². The summed E-state index contributed by atoms with van der Waals surface area (Å²) in [5, 5.41) is 11.4. The van der Waals surface area contributed by atoms with Gasteiger partial charge in [0.1, 0.15) is 0 Å². The molecule has 5 atom stereocenters. The summed E-state index contributed by atoms with van der Waals surface area (Å²) < 4.78 is 29.9. The van der Waals surface area contributed by atoms with Gasteiger partial charge in [-0.05, 0) is 49.9 Å². The number of alkyl halides is 2. The van der Waals surface area contributed by atoms with Gasteiger partial charge in [0.05, 0.1) is 5.60 Å². The molecule has 4 aliphatic rings. The first-order valence-electron chi connectivity index (χ1n) is 6.43. The van der Waals surface area contributed by atoms with Crippen LogP contribution < -0.4 is 5.32 Å². The molecule has 0 heterocycles. The van der Waals surface area contributed by atoms with Crippen molar-refractivity contribution in [1.82, 2.24) is 5.32 Å². The quantitative estimate of drug-likeness (QED) is 0.820. The van der Waals surface area contributed by atoms with E-state index in [1.54, 1.807) is 0 Å². The van der Waals surface area contributed by atoms with Crippen LogP contribution in [-0.4, -0.2) is 29.5 Å². The van der Waals surface area contributed by atoms with Crippen LogP contribution in [0.1, 0.15) is 32.1 Å². The van der Waals surface area contributed by atoms with Crippen LogP contribution in [-0.2, 0) is 4.74 Å². The van der Waals surface area contributed by atoms with Gasteiger partial charge in [-0.1, -0.05) is 0 Å². The number of amides is 1. The Bertz CT molecular complexity index is 343. The third-order valence-electron chi connectivity index (χ3n) is 4.85. The van der Waals surface area contributed by atoms with E-state index in [1.807, 2.05) is 0 Å². The predicted molar refractivity (Wildman–Crippen MR) is 58.3 cm³/mol. The van der Waals surface area contributed by atoms with Gasteiger partial charge in [0.2, 0.25) is 0 Å². The summed E-state index contributed by atoms with van der Waals surface area (Å²) in [5.74, 6) is 0.741. The molecule has 4 saturated carbocycles. The molecule has 0 aromatic rings. The largest absolute Gasteiger partial charge is 0.465 e. The summed E-state index contributed by atoms with van der Waals surface area (Å²) in [6.45, 7) is -2.73. The Morgan fingerprint density at radius 2 is 1.89 bits per heavy atom. The molecule has 4 nitrogen and oxygen atoms in total. The second kappa shape index (κ2) is 4.05. The second-order valence-electron chi connectivity index (χ2n) is 6.01. The van der Waals surface area contributed by atoms with Gasteiger partial charge < -0.3 is 15.2 Å². The van der Waals surface area contributed by atoms with Crippen LogP contribution in [0.4, 0.5) is 13.6 Å². The molecule has 1 amide bonds. The van der Waals surface area contributed by atoms with Crippen molar-refractivity contribution in [2.75, 3.05) is 0 Å². The maximum absolute atomic E-state index is 12.5. The van der Waals surface area contributed by atoms with Crippen LogP contribution >= 0.6 is 0 Å². The molecule has 18 heavy (non-hydrogen) atoms. The molecule has 4 rings (SSSR count). The lowest BCUT2D eigenvalue weighted by Crippen LogP contribution is -2.62. The van der Waals surface area contributed by atoms with Crippen molar-refractivity contribution in [3.8, 4) is 0 Å². The maximum atomic E-state index is 12.5. The van der Waals surface area contributed by atoms with Crippen LogP contribution in [0, 0.1) is 17.8 Å². The van der Waals surface area contributed by atoms with Crippen molar-refractivity contribution in [3.05, 3.63) is 0 Å². The molecule has 0 aliphatic heterocycles. The van der Waals surface area contributed by atoms with Crippen LogP contribution in [0.25, 0.3) is 0 Å². The lowest BCUT2D eigenvalue weighted by Gasteiger charge is -2.59. The number of hydrogen-bond donors (Lipinski definition) is 2. The van der Waals surface area contributed by atoms with E-state index < -0.39 is 18.3 Å². The topological polar surface area (TPSA) is 58.6 Å². The molecule has 0 saturated heterocycles. The minimum absolute atomic E-state index is 0.0755. The van der Waals surface area contributed by atoms with Gasteiger partial charge in [0.15, 0.2) is 0 Å². The van der Waals surface area contributed by atoms with Crippen LogP contribution in [0.3, 0.4) is 0 Å². The third-order valence-corrected chi connectivity index (χ3v) is 4.85. The highest BCUT2D eigenvalue weighted by molar-refractivity contribution is 5.65. The zero-order valence-electron chi connectivity index (χ0n) is 9.94. The summed E-state index contributed by atoms with van der Waals surface area (Å²) >= 11 is 0. The van der Waals surface area contributed by atoms with Gasteiger partial charge in [0.25, 0.3) is 0 Å². The van der Waals surface area contributed by atoms with Gasteiger partial charge in [-0.2, -0.15) is 8.78 Å². The lowest BCUT2D eigenvalue weighted by atomic mass is 9.52. The SMILES string of the molecule is O=C(O)N[C@H]1[C@@H]2CC3C[C@H]1C[C@@](OC(F)F)(C3)C2. The van der Waals surface area contributed by atoms with E-state index >= 15 is 0 Å². The minimum Gasteiger partial charge on any atom is -0.465 e. The first-order valence-corrected chi connectivity index (χ1v) is 6.43. The molecular formula is C12H17F2NO3. The van der Waals surface area contributed by atoms with E-state index in [1.165, 1.54) is 0 Å². The van der Waals surface area contributed by atoms with Crippen molar-refractivity contribution < 1.29 is 23.4 Å². The number of hydrogen-bond acceptors (Lipinski definition) is 2. The van der Waals surface area contributed by atoms with Gasteiger partial charge in [-0.15, -0.1) is 0 Å². The first-order chi connectivity index (χ1) is 8.47. The second-order valence-corrected chi connectivity index (χ2v) is 6.01. The number of carbonyl (C=O) groups is 1. The standard InChI is InChI=1S/C12H17F2NO3/c13-10(14)18-12-3-6-1-7(4-12)9(15-11(16)17)8(2-6)5-12/h6-10,15H,1-5H2,(H,16,17)/t6?,7-,8+,9+,12-. The fourth-order valence-corrected chi connectivity index (χ4v) is 4.66. The van der Waals surface area contributed by atoms with Gasteiger partial charge in [0, 0.05) is 6.04 Å². The van der Waals surface area contributed by atoms with E-state index in [2.05, 4.69) is 5.32 Å². The number of carboxylic acid groups (broad SMARTS) is 1. The Kier molecular flexibility index (Phi) is 2.73. The lowest BCUT2D eigenvalue weighted by molar-refractivity contribution is -0.260. The zero-order chi connectivity index (χ0) is 12.9. The number of halogens is 2. The molecule has 0 radical (unpaired) electrons. The molecule has 2 N–H and O–H groups in total. The molecule has 102 valence electrons. The van der Waals surface area contributed by atoms with Crippen molar-refractivity contribution in [2.24, 2.45) is 17.8 Å². The van der Waals surface area contributed by atoms with Crippen LogP contribution in [0.15, 0.2) is 0 Å². The smallest absolute Gasteiger partial charge is 0.404 e. The summed E-state index contributed by atoms with van der Waals surface area (Å²) in [4.78, 5) is 10.8. The summed E-state index contributed by atoms with van der Waals surface area (Å²) in [7, 11) is 0. The monoisotopic (exact) mass is 261 g/mol. The van der Waals surface area contributed by atoms with E-state index in [4.69, 9.17) is 9.84 Å². The highest BCUT2D eigenvalue weighted by Gasteiger charge is 2.57. The molecular weight excluding hydrogens is 244 g/mol. The predicted octanol–water partition coefficient (Wildman–Crippen LogP) is 2.44. The average molecular weight is 261 g/mol. The normalized spacial score (nSPS) is 45.5. The summed E-state index contributed by atoms with van der Waals surface area (Å²) in [5.41, 5.74) is -0.693.